The van der Waals surface area contributed by atoms with Gasteiger partial charge in [0.15, 0.2) is 0 Å². The molecule has 1 saturated heterocycles. The van der Waals surface area contributed by atoms with E-state index in [4.69, 9.17) is 9.84 Å². The number of hydrogen-bond acceptors (Lipinski definition) is 3. The second-order valence-electron chi connectivity index (χ2n) is 4.97. The zero-order valence-corrected chi connectivity index (χ0v) is 11.5. The van der Waals surface area contributed by atoms with Crippen molar-refractivity contribution in [1.82, 2.24) is 4.90 Å². The molecule has 20 heavy (non-hydrogen) atoms. The number of carboxylic acid groups (broad SMARTS) is 1. The molecule has 1 aromatic carbocycles. The summed E-state index contributed by atoms with van der Waals surface area (Å²) in [4.78, 5) is 24.7. The first-order valence-corrected chi connectivity index (χ1v) is 6.78. The summed E-state index contributed by atoms with van der Waals surface area (Å²) in [5.74, 6) is -1.18. The van der Waals surface area contributed by atoms with E-state index >= 15 is 0 Å². The Hall–Kier alpha value is -1.88. The first kappa shape index (κ1) is 14.5. The highest BCUT2D eigenvalue weighted by Gasteiger charge is 2.36. The molecular weight excluding hydrogens is 258 g/mol. The number of carbonyl (C=O) groups excluding carboxylic acids is 1. The van der Waals surface area contributed by atoms with Crippen LogP contribution in [0.25, 0.3) is 0 Å². The minimum absolute atomic E-state index is 0.245. The van der Waals surface area contributed by atoms with Gasteiger partial charge >= 0.3 is 5.97 Å². The van der Waals surface area contributed by atoms with Crippen LogP contribution >= 0.6 is 0 Å². The molecule has 1 heterocycles. The second kappa shape index (κ2) is 6.52. The summed E-state index contributed by atoms with van der Waals surface area (Å²) >= 11 is 0. The third-order valence-electron chi connectivity index (χ3n) is 3.51. The van der Waals surface area contributed by atoms with E-state index in [0.29, 0.717) is 19.6 Å². The summed E-state index contributed by atoms with van der Waals surface area (Å²) in [5, 5.41) is 9.09. The number of carbonyl (C=O) groups is 2. The van der Waals surface area contributed by atoms with E-state index in [2.05, 4.69) is 0 Å². The van der Waals surface area contributed by atoms with Crippen molar-refractivity contribution < 1.29 is 19.4 Å². The molecule has 1 aromatic rings. The quantitative estimate of drug-likeness (QED) is 0.889. The molecule has 1 aliphatic rings. The topological polar surface area (TPSA) is 66.8 Å². The van der Waals surface area contributed by atoms with Crippen LogP contribution in [0.3, 0.4) is 0 Å². The maximum absolute atomic E-state index is 12.2. The van der Waals surface area contributed by atoms with E-state index in [1.807, 2.05) is 30.3 Å². The average Bonchev–Trinajstić information content (AvgIpc) is 2.94. The zero-order valence-electron chi connectivity index (χ0n) is 11.5. The van der Waals surface area contributed by atoms with E-state index < -0.39 is 18.1 Å². The van der Waals surface area contributed by atoms with Crippen molar-refractivity contribution in [2.45, 2.75) is 38.5 Å². The van der Waals surface area contributed by atoms with Gasteiger partial charge in [-0.1, -0.05) is 30.3 Å². The third-order valence-corrected chi connectivity index (χ3v) is 3.51. The van der Waals surface area contributed by atoms with Gasteiger partial charge in [-0.25, -0.2) is 4.79 Å². The molecule has 0 radical (unpaired) electrons. The number of ether oxygens (including phenoxy) is 1. The van der Waals surface area contributed by atoms with E-state index in [1.165, 1.54) is 4.90 Å². The van der Waals surface area contributed by atoms with Crippen molar-refractivity contribution in [3.8, 4) is 0 Å². The summed E-state index contributed by atoms with van der Waals surface area (Å²) in [6, 6.07) is 8.88. The number of amides is 1. The van der Waals surface area contributed by atoms with Gasteiger partial charge in [0.1, 0.15) is 12.1 Å². The zero-order chi connectivity index (χ0) is 14.5. The Kier molecular flexibility index (Phi) is 4.74. The summed E-state index contributed by atoms with van der Waals surface area (Å²) < 4.78 is 5.55. The van der Waals surface area contributed by atoms with Gasteiger partial charge in [0.05, 0.1) is 6.61 Å². The number of hydrogen-bond donors (Lipinski definition) is 1. The molecule has 1 aliphatic heterocycles. The number of rotatable bonds is 5. The van der Waals surface area contributed by atoms with E-state index in [-0.39, 0.29) is 5.91 Å². The van der Waals surface area contributed by atoms with Gasteiger partial charge in [-0.3, -0.25) is 4.79 Å². The van der Waals surface area contributed by atoms with Crippen LogP contribution in [0.1, 0.15) is 25.3 Å². The summed E-state index contributed by atoms with van der Waals surface area (Å²) in [7, 11) is 0. The Morgan fingerprint density at radius 1 is 1.40 bits per heavy atom. The van der Waals surface area contributed by atoms with Crippen LogP contribution in [-0.4, -0.2) is 40.6 Å². The number of aliphatic carboxylic acids is 1. The number of benzene rings is 1. The highest BCUT2D eigenvalue weighted by Crippen LogP contribution is 2.19. The SMILES string of the molecule is C[C@H](OCc1ccccc1)C(=O)N1CCCC1C(=O)O. The molecule has 1 N–H and O–H groups in total. The van der Waals surface area contributed by atoms with Crippen LogP contribution in [0.5, 0.6) is 0 Å². The van der Waals surface area contributed by atoms with Crippen molar-refractivity contribution in [1.29, 1.82) is 0 Å². The predicted octanol–water partition coefficient (Wildman–Crippen LogP) is 1.67. The fourth-order valence-corrected chi connectivity index (χ4v) is 2.39. The monoisotopic (exact) mass is 277 g/mol. The Morgan fingerprint density at radius 2 is 2.10 bits per heavy atom. The van der Waals surface area contributed by atoms with Crippen LogP contribution in [-0.2, 0) is 20.9 Å². The number of nitrogens with zero attached hydrogens (tertiary/aromatic N) is 1. The molecule has 0 spiro atoms. The van der Waals surface area contributed by atoms with Gasteiger partial charge in [0.25, 0.3) is 5.91 Å². The standard InChI is InChI=1S/C15H19NO4/c1-11(20-10-12-6-3-2-4-7-12)14(17)16-9-5-8-13(16)15(18)19/h2-4,6-7,11,13H,5,8-10H2,1H3,(H,18,19)/t11-,13?/m0/s1. The molecule has 0 bridgehead atoms. The van der Waals surface area contributed by atoms with Crippen LogP contribution in [0.15, 0.2) is 30.3 Å². The van der Waals surface area contributed by atoms with Crippen LogP contribution in [0, 0.1) is 0 Å². The van der Waals surface area contributed by atoms with Crippen molar-refractivity contribution in [3.05, 3.63) is 35.9 Å². The van der Waals surface area contributed by atoms with Crippen molar-refractivity contribution in [2.24, 2.45) is 0 Å². The fourth-order valence-electron chi connectivity index (χ4n) is 2.39. The second-order valence-corrected chi connectivity index (χ2v) is 4.97. The van der Waals surface area contributed by atoms with Gasteiger partial charge in [0, 0.05) is 6.54 Å². The molecule has 1 amide bonds. The average molecular weight is 277 g/mol. The largest absolute Gasteiger partial charge is 0.480 e. The molecule has 1 fully saturated rings. The summed E-state index contributed by atoms with van der Waals surface area (Å²) in [5.41, 5.74) is 0.989. The summed E-state index contributed by atoms with van der Waals surface area (Å²) in [6.07, 6.45) is 0.621. The minimum Gasteiger partial charge on any atom is -0.480 e. The molecule has 1 unspecified atom stereocenters. The highest BCUT2D eigenvalue weighted by atomic mass is 16.5. The summed E-state index contributed by atoms with van der Waals surface area (Å²) in [6.45, 7) is 2.51. The van der Waals surface area contributed by atoms with E-state index in [0.717, 1.165) is 12.0 Å². The Morgan fingerprint density at radius 3 is 2.75 bits per heavy atom. The number of likely N-dealkylation sites (tertiary alicyclic amines) is 1. The molecule has 0 aromatic heterocycles. The first-order chi connectivity index (χ1) is 9.59. The Balaban J connectivity index is 1.90. The lowest BCUT2D eigenvalue weighted by Crippen LogP contribution is -2.45. The molecule has 2 rings (SSSR count). The normalized spacial score (nSPS) is 19.9. The molecule has 108 valence electrons. The molecule has 0 aliphatic carbocycles. The highest BCUT2D eigenvalue weighted by molar-refractivity contribution is 5.86. The molecule has 5 nitrogen and oxygen atoms in total. The maximum Gasteiger partial charge on any atom is 0.326 e. The van der Waals surface area contributed by atoms with Gasteiger partial charge in [-0.15, -0.1) is 0 Å². The Labute approximate surface area is 118 Å². The predicted molar refractivity (Wildman–Crippen MR) is 73.1 cm³/mol. The van der Waals surface area contributed by atoms with Crippen LogP contribution in [0.4, 0.5) is 0 Å². The molecule has 5 heteroatoms. The van der Waals surface area contributed by atoms with Gasteiger partial charge in [0.2, 0.25) is 0 Å². The van der Waals surface area contributed by atoms with Crippen molar-refractivity contribution in [3.63, 3.8) is 0 Å². The van der Waals surface area contributed by atoms with E-state index in [9.17, 15) is 9.59 Å². The van der Waals surface area contributed by atoms with Crippen molar-refractivity contribution in [2.75, 3.05) is 6.54 Å². The lowest BCUT2D eigenvalue weighted by molar-refractivity contribution is -0.153. The lowest BCUT2D eigenvalue weighted by atomic mass is 10.2. The van der Waals surface area contributed by atoms with Crippen molar-refractivity contribution >= 4 is 11.9 Å². The van der Waals surface area contributed by atoms with Crippen LogP contribution in [0.2, 0.25) is 0 Å². The molecule has 0 saturated carbocycles. The van der Waals surface area contributed by atoms with Gasteiger partial charge in [-0.2, -0.15) is 0 Å². The minimum atomic E-state index is -0.939. The van der Waals surface area contributed by atoms with E-state index in [1.54, 1.807) is 6.92 Å². The number of carboxylic acids is 1. The van der Waals surface area contributed by atoms with Gasteiger partial charge < -0.3 is 14.7 Å². The third kappa shape index (κ3) is 3.36. The molecular formula is C15H19NO4. The fraction of sp³-hybridized carbons (Fsp3) is 0.467. The Bertz CT molecular complexity index is 474. The lowest BCUT2D eigenvalue weighted by Gasteiger charge is -2.24. The maximum atomic E-state index is 12.2. The molecule has 2 atom stereocenters. The van der Waals surface area contributed by atoms with Gasteiger partial charge in [-0.05, 0) is 25.3 Å². The first-order valence-electron chi connectivity index (χ1n) is 6.78. The smallest absolute Gasteiger partial charge is 0.326 e. The van der Waals surface area contributed by atoms with Crippen LogP contribution < -0.4 is 0 Å².